The topological polar surface area (TPSA) is 104 Å². The summed E-state index contributed by atoms with van der Waals surface area (Å²) < 4.78 is 0. The molecule has 0 heterocycles. The van der Waals surface area contributed by atoms with Crippen molar-refractivity contribution in [3.05, 3.63) is 17.7 Å². The molecule has 0 aliphatic carbocycles. The Kier molecular flexibility index (Phi) is 2.62. The number of carbonyl (C=O) groups is 1. The monoisotopic (exact) mass is 197 g/mol. The van der Waals surface area contributed by atoms with Crippen LogP contribution in [0.4, 0.5) is 0 Å². The van der Waals surface area contributed by atoms with Crippen molar-refractivity contribution in [3.8, 4) is 17.2 Å². The Balaban J connectivity index is 3.28. The van der Waals surface area contributed by atoms with E-state index < -0.39 is 23.3 Å². The van der Waals surface area contributed by atoms with Gasteiger partial charge in [0.05, 0.1) is 6.04 Å². The molecule has 0 bridgehead atoms. The van der Waals surface area contributed by atoms with Gasteiger partial charge in [0.2, 0.25) is 0 Å². The van der Waals surface area contributed by atoms with E-state index in [4.69, 9.17) is 10.8 Å². The highest BCUT2D eigenvalue weighted by Gasteiger charge is 2.20. The van der Waals surface area contributed by atoms with Crippen molar-refractivity contribution >= 4 is 5.78 Å². The number of Topliss-reactive ketones (excluding diaryl/α,β-unsaturated/α-hetero) is 1. The second kappa shape index (κ2) is 3.55. The molecule has 0 amide bonds. The molecule has 0 aromatic heterocycles. The molecule has 5 nitrogen and oxygen atoms in total. The summed E-state index contributed by atoms with van der Waals surface area (Å²) in [5, 5.41) is 27.6. The van der Waals surface area contributed by atoms with Crippen LogP contribution in [0.25, 0.3) is 0 Å². The molecule has 76 valence electrons. The fraction of sp³-hybridized carbons (Fsp3) is 0.222. The molecule has 1 atom stereocenters. The molecule has 0 saturated heterocycles. The molecule has 0 radical (unpaired) electrons. The predicted octanol–water partition coefficient (Wildman–Crippen LogP) is 0.333. The zero-order chi connectivity index (χ0) is 10.9. The number of carbonyl (C=O) groups excluding carboxylic acids is 1. The molecule has 5 N–H and O–H groups in total. The average molecular weight is 197 g/mol. The van der Waals surface area contributed by atoms with Crippen LogP contribution in [0.3, 0.4) is 0 Å². The molecule has 0 fully saturated rings. The van der Waals surface area contributed by atoms with Crippen LogP contribution in [0.2, 0.25) is 0 Å². The fourth-order valence-corrected chi connectivity index (χ4v) is 1.08. The van der Waals surface area contributed by atoms with Crippen LogP contribution >= 0.6 is 0 Å². The van der Waals surface area contributed by atoms with Crippen molar-refractivity contribution in [2.45, 2.75) is 13.0 Å². The minimum absolute atomic E-state index is 0.266. The first-order valence-electron chi connectivity index (χ1n) is 3.98. The third-order valence-electron chi connectivity index (χ3n) is 1.74. The number of hydrogen-bond donors (Lipinski definition) is 4. The molecule has 0 spiro atoms. The maximum atomic E-state index is 11.4. The van der Waals surface area contributed by atoms with Gasteiger partial charge in [-0.1, -0.05) is 0 Å². The summed E-state index contributed by atoms with van der Waals surface area (Å²) in [6.45, 7) is 1.44. The van der Waals surface area contributed by atoms with Gasteiger partial charge in [0.25, 0.3) is 0 Å². The summed E-state index contributed by atoms with van der Waals surface area (Å²) in [5.41, 5.74) is 5.04. The molecule has 0 aliphatic rings. The van der Waals surface area contributed by atoms with Gasteiger partial charge in [0.1, 0.15) is 22.8 Å². The van der Waals surface area contributed by atoms with Crippen LogP contribution in [0, 0.1) is 0 Å². The van der Waals surface area contributed by atoms with Gasteiger partial charge in [0.15, 0.2) is 5.78 Å². The predicted molar refractivity (Wildman–Crippen MR) is 49.4 cm³/mol. The fourth-order valence-electron chi connectivity index (χ4n) is 1.08. The van der Waals surface area contributed by atoms with E-state index in [9.17, 15) is 15.0 Å². The Bertz CT molecular complexity index is 350. The summed E-state index contributed by atoms with van der Waals surface area (Å²) in [6, 6.07) is 1.11. The Hall–Kier alpha value is -1.75. The van der Waals surface area contributed by atoms with E-state index in [1.54, 1.807) is 0 Å². The van der Waals surface area contributed by atoms with Gasteiger partial charge in [0, 0.05) is 12.1 Å². The lowest BCUT2D eigenvalue weighted by Crippen LogP contribution is -2.26. The highest BCUT2D eigenvalue weighted by molar-refractivity contribution is 6.04. The number of nitrogens with two attached hydrogens (primary N) is 1. The molecule has 14 heavy (non-hydrogen) atoms. The lowest BCUT2D eigenvalue weighted by atomic mass is 10.0. The Morgan fingerprint density at radius 3 is 2.07 bits per heavy atom. The maximum absolute atomic E-state index is 11.4. The van der Waals surface area contributed by atoms with Crippen molar-refractivity contribution in [2.24, 2.45) is 5.73 Å². The number of ketones is 1. The first kappa shape index (κ1) is 10.3. The first-order valence-corrected chi connectivity index (χ1v) is 3.98. The third kappa shape index (κ3) is 1.77. The van der Waals surface area contributed by atoms with Crippen LogP contribution in [0.1, 0.15) is 17.3 Å². The zero-order valence-electron chi connectivity index (χ0n) is 7.56. The smallest absolute Gasteiger partial charge is 0.186 e. The molecule has 0 saturated carbocycles. The number of phenolic OH excluding ortho intramolecular Hbond substituents is 3. The second-order valence-corrected chi connectivity index (χ2v) is 3.01. The van der Waals surface area contributed by atoms with E-state index in [1.165, 1.54) is 6.92 Å². The number of benzene rings is 1. The third-order valence-corrected chi connectivity index (χ3v) is 1.74. The Labute approximate surface area is 80.4 Å². The Morgan fingerprint density at radius 1 is 1.29 bits per heavy atom. The van der Waals surface area contributed by atoms with Crippen LogP contribution in [0.5, 0.6) is 17.2 Å². The number of phenols is 3. The quantitative estimate of drug-likeness (QED) is 0.511. The van der Waals surface area contributed by atoms with E-state index in [0.29, 0.717) is 0 Å². The van der Waals surface area contributed by atoms with Crippen molar-refractivity contribution in [3.63, 3.8) is 0 Å². The summed E-state index contributed by atoms with van der Waals surface area (Å²) in [6.07, 6.45) is 0. The van der Waals surface area contributed by atoms with E-state index in [-0.39, 0.29) is 11.3 Å². The van der Waals surface area contributed by atoms with Gasteiger partial charge >= 0.3 is 0 Å². The van der Waals surface area contributed by atoms with Crippen LogP contribution in [-0.4, -0.2) is 27.1 Å². The van der Waals surface area contributed by atoms with Crippen LogP contribution in [-0.2, 0) is 0 Å². The van der Waals surface area contributed by atoms with Gasteiger partial charge in [-0.2, -0.15) is 0 Å². The van der Waals surface area contributed by atoms with Crippen molar-refractivity contribution in [1.29, 1.82) is 0 Å². The molecule has 0 unspecified atom stereocenters. The van der Waals surface area contributed by atoms with Crippen molar-refractivity contribution in [2.75, 3.05) is 0 Å². The SMILES string of the molecule is C[C@H](N)C(=O)c1c(O)cc(O)cc1O. The summed E-state index contributed by atoms with van der Waals surface area (Å²) in [7, 11) is 0. The summed E-state index contributed by atoms with van der Waals surface area (Å²) >= 11 is 0. The summed E-state index contributed by atoms with van der Waals surface area (Å²) in [5.74, 6) is -1.86. The van der Waals surface area contributed by atoms with Gasteiger partial charge in [-0.3, -0.25) is 4.79 Å². The minimum Gasteiger partial charge on any atom is -0.508 e. The average Bonchev–Trinajstić information content (AvgIpc) is 2.01. The van der Waals surface area contributed by atoms with E-state index in [2.05, 4.69) is 0 Å². The van der Waals surface area contributed by atoms with E-state index in [0.717, 1.165) is 12.1 Å². The molecule has 1 aromatic carbocycles. The maximum Gasteiger partial charge on any atom is 0.186 e. The standard InChI is InChI=1S/C9H11NO4/c1-4(10)9(14)8-6(12)2-5(11)3-7(8)13/h2-4,11-13H,10H2,1H3/t4-/m0/s1. The summed E-state index contributed by atoms with van der Waals surface area (Å²) in [4.78, 5) is 11.4. The highest BCUT2D eigenvalue weighted by atomic mass is 16.3. The lowest BCUT2D eigenvalue weighted by Gasteiger charge is -2.08. The molecular weight excluding hydrogens is 186 g/mol. The largest absolute Gasteiger partial charge is 0.508 e. The van der Waals surface area contributed by atoms with Gasteiger partial charge in [-0.25, -0.2) is 0 Å². The van der Waals surface area contributed by atoms with E-state index in [1.807, 2.05) is 0 Å². The molecule has 5 heteroatoms. The van der Waals surface area contributed by atoms with E-state index >= 15 is 0 Å². The number of rotatable bonds is 2. The molecule has 1 aromatic rings. The lowest BCUT2D eigenvalue weighted by molar-refractivity contribution is 0.0962. The van der Waals surface area contributed by atoms with Crippen molar-refractivity contribution in [1.82, 2.24) is 0 Å². The van der Waals surface area contributed by atoms with Gasteiger partial charge in [-0.05, 0) is 6.92 Å². The molecule has 0 aliphatic heterocycles. The minimum atomic E-state index is -0.823. The number of aromatic hydroxyl groups is 3. The second-order valence-electron chi connectivity index (χ2n) is 3.01. The van der Waals surface area contributed by atoms with Gasteiger partial charge < -0.3 is 21.1 Å². The van der Waals surface area contributed by atoms with Crippen molar-refractivity contribution < 1.29 is 20.1 Å². The molecule has 1 rings (SSSR count). The van der Waals surface area contributed by atoms with Crippen LogP contribution in [0.15, 0.2) is 12.1 Å². The molecular formula is C9H11NO4. The highest BCUT2D eigenvalue weighted by Crippen LogP contribution is 2.32. The number of hydrogen-bond acceptors (Lipinski definition) is 5. The van der Waals surface area contributed by atoms with Gasteiger partial charge in [-0.15, -0.1) is 0 Å². The van der Waals surface area contributed by atoms with Crippen LogP contribution < -0.4 is 5.73 Å². The zero-order valence-corrected chi connectivity index (χ0v) is 7.56. The normalized spacial score (nSPS) is 12.4. The Morgan fingerprint density at radius 2 is 1.71 bits per heavy atom. The first-order chi connectivity index (χ1) is 6.43.